The lowest BCUT2D eigenvalue weighted by Gasteiger charge is -2.35. The Morgan fingerprint density at radius 1 is 0.667 bits per heavy atom. The van der Waals surface area contributed by atoms with Gasteiger partial charge in [-0.2, -0.15) is 0 Å². The molecule has 20 heteroatoms. The van der Waals surface area contributed by atoms with E-state index in [9.17, 15) is 32.4 Å². The van der Waals surface area contributed by atoms with E-state index in [0.29, 0.717) is 71.8 Å². The first-order valence-corrected chi connectivity index (χ1v) is 33.5. The number of hydrogen-bond donors (Lipinski definition) is 6. The van der Waals surface area contributed by atoms with E-state index in [2.05, 4.69) is 43.1 Å². The van der Waals surface area contributed by atoms with Crippen molar-refractivity contribution in [2.75, 3.05) is 26.3 Å². The quantitative estimate of drug-likeness (QED) is 0.0110. The second-order valence-electron chi connectivity index (χ2n) is 25.1. The Balaban J connectivity index is 1.03. The summed E-state index contributed by atoms with van der Waals surface area (Å²) in [6, 6.07) is 39.2. The largest absolute Gasteiger partial charge is 0.493 e. The maximum Gasteiger partial charge on any atom is 0.407 e. The highest BCUT2D eigenvalue weighted by Gasteiger charge is 2.35. The molecule has 0 aromatic heterocycles. The predicted octanol–water partition coefficient (Wildman–Crippen LogP) is 11.5. The number of carbonyl (C=O) groups excluding carboxylic acids is 5. The number of aliphatic imine (C=N–C) groups is 1. The van der Waals surface area contributed by atoms with Crippen LogP contribution in [0.4, 0.5) is 4.79 Å². The van der Waals surface area contributed by atoms with Crippen molar-refractivity contribution in [3.05, 3.63) is 167 Å². The number of benzene rings is 7. The Bertz CT molecular complexity index is 3930. The van der Waals surface area contributed by atoms with Crippen LogP contribution in [0, 0.1) is 20.8 Å². The summed E-state index contributed by atoms with van der Waals surface area (Å²) in [4.78, 5) is 74.3. The first kappa shape index (κ1) is 69.7. The van der Waals surface area contributed by atoms with Crippen LogP contribution in [-0.4, -0.2) is 99.8 Å². The van der Waals surface area contributed by atoms with Gasteiger partial charge in [-0.3, -0.25) is 19.4 Å². The average Bonchev–Trinajstić information content (AvgIpc) is 0.764. The first-order chi connectivity index (χ1) is 44.4. The van der Waals surface area contributed by atoms with Gasteiger partial charge >= 0.3 is 12.1 Å². The lowest BCUT2D eigenvalue weighted by molar-refractivity contribution is -0.149. The summed E-state index contributed by atoms with van der Waals surface area (Å²) in [6.07, 6.45) is 3.23. The standard InChI is InChI=1S/C73H89N7O12S/c1-10-57(69(84)90-45-51-27-15-12-16-28-51)78-68(83)59(35-23-43-75-70(74)80-93(86,87)66-48(3)47(2)65-54(49(66)4)40-41-73(8,9)91-65)79-67(82)58(34-21-22-42-76-71(85)92-72(5,6)7)77-62(81)46-89-61-39-37-53-31-18-20-33-56(53)64(61)63-55-32-19-17-30-52(55)36-38-60(63)88-44-24-29-50-25-13-11-14-26-50/h11-20,25-28,30-33,36-39,57-59H,10,21-24,29,34-35,40-46H2,1-9H3,(H,76,85)(H,77,81)(H,78,83)(H,79,82)(H3,74,75,80)/t57-,58+,59+/m0/s1. The van der Waals surface area contributed by atoms with Crippen LogP contribution in [0.1, 0.15) is 126 Å². The number of carbonyl (C=O) groups is 5. The van der Waals surface area contributed by atoms with E-state index < -0.39 is 75.7 Å². The Morgan fingerprint density at radius 2 is 1.24 bits per heavy atom. The normalized spacial score (nSPS) is 13.9. The highest BCUT2D eigenvalue weighted by molar-refractivity contribution is 7.90. The molecular formula is C73H89N7O12S. The topological polar surface area (TPSA) is 264 Å². The molecule has 0 unspecified atom stereocenters. The molecule has 7 N–H and O–H groups in total. The molecule has 0 spiro atoms. The zero-order valence-electron chi connectivity index (χ0n) is 54.9. The molecule has 19 nitrogen and oxygen atoms in total. The zero-order valence-corrected chi connectivity index (χ0v) is 55.7. The summed E-state index contributed by atoms with van der Waals surface area (Å²) in [7, 11) is -4.25. The summed E-state index contributed by atoms with van der Waals surface area (Å²) in [5.74, 6) is -1.46. The molecule has 1 aliphatic rings. The number of fused-ring (bicyclic) bond motifs is 3. The van der Waals surface area contributed by atoms with E-state index in [0.717, 1.165) is 51.1 Å². The first-order valence-electron chi connectivity index (χ1n) is 32.0. The summed E-state index contributed by atoms with van der Waals surface area (Å²) in [6.45, 7) is 16.3. The predicted molar refractivity (Wildman–Crippen MR) is 363 cm³/mol. The fraction of sp³-hybridized carbons (Fsp3) is 0.397. The number of guanidine groups is 1. The van der Waals surface area contributed by atoms with Gasteiger partial charge in [-0.05, 0) is 187 Å². The summed E-state index contributed by atoms with van der Waals surface area (Å²) in [5, 5.41) is 14.9. The van der Waals surface area contributed by atoms with Crippen LogP contribution < -0.4 is 45.9 Å². The summed E-state index contributed by atoms with van der Waals surface area (Å²) < 4.78 is 61.1. The van der Waals surface area contributed by atoms with Crippen LogP contribution in [0.25, 0.3) is 32.7 Å². The minimum absolute atomic E-state index is 0.0396. The van der Waals surface area contributed by atoms with Gasteiger partial charge < -0.3 is 50.7 Å². The maximum absolute atomic E-state index is 14.8. The molecule has 4 amide bonds. The summed E-state index contributed by atoms with van der Waals surface area (Å²) >= 11 is 0. The van der Waals surface area contributed by atoms with Crippen molar-refractivity contribution in [3.63, 3.8) is 0 Å². The van der Waals surface area contributed by atoms with Crippen molar-refractivity contribution in [2.45, 2.75) is 167 Å². The molecule has 494 valence electrons. The van der Waals surface area contributed by atoms with Crippen LogP contribution in [-0.2, 0) is 58.1 Å². The van der Waals surface area contributed by atoms with Gasteiger partial charge in [0.1, 0.15) is 53.2 Å². The average molecular weight is 1290 g/mol. The number of amides is 4. The second kappa shape index (κ2) is 31.9. The molecule has 0 saturated heterocycles. The molecule has 0 aliphatic carbocycles. The maximum atomic E-state index is 14.8. The third kappa shape index (κ3) is 19.2. The van der Waals surface area contributed by atoms with Crippen molar-refractivity contribution in [1.82, 2.24) is 26.0 Å². The molecule has 0 radical (unpaired) electrons. The number of nitrogens with zero attached hydrogens (tertiary/aromatic N) is 1. The lowest BCUT2D eigenvalue weighted by atomic mass is 9.88. The Hall–Kier alpha value is -9.17. The number of nitrogens with one attached hydrogen (secondary N) is 5. The molecule has 0 saturated carbocycles. The Labute approximate surface area is 546 Å². The molecule has 1 heterocycles. The highest BCUT2D eigenvalue weighted by Crippen LogP contribution is 2.46. The smallest absolute Gasteiger partial charge is 0.407 e. The number of unbranched alkanes of at least 4 members (excludes halogenated alkanes) is 1. The lowest BCUT2D eigenvalue weighted by Crippen LogP contribution is -2.56. The van der Waals surface area contributed by atoms with Gasteiger partial charge in [0.05, 0.1) is 11.5 Å². The Kier molecular flexibility index (Phi) is 23.9. The molecule has 1 aliphatic heterocycles. The van der Waals surface area contributed by atoms with E-state index in [4.69, 9.17) is 29.4 Å². The van der Waals surface area contributed by atoms with Crippen LogP contribution in [0.3, 0.4) is 0 Å². The van der Waals surface area contributed by atoms with Crippen molar-refractivity contribution < 1.29 is 56.1 Å². The van der Waals surface area contributed by atoms with Gasteiger partial charge in [0.15, 0.2) is 6.61 Å². The van der Waals surface area contributed by atoms with Crippen LogP contribution in [0.15, 0.2) is 143 Å². The van der Waals surface area contributed by atoms with E-state index in [-0.39, 0.29) is 56.2 Å². The fourth-order valence-electron chi connectivity index (χ4n) is 11.4. The minimum atomic E-state index is -4.25. The van der Waals surface area contributed by atoms with Gasteiger partial charge in [-0.25, -0.2) is 22.7 Å². The third-order valence-electron chi connectivity index (χ3n) is 16.3. The monoisotopic (exact) mass is 1290 g/mol. The zero-order chi connectivity index (χ0) is 66.9. The molecule has 0 fully saturated rings. The van der Waals surface area contributed by atoms with Crippen LogP contribution >= 0.6 is 0 Å². The molecule has 3 atom stereocenters. The van der Waals surface area contributed by atoms with Gasteiger partial charge in [-0.15, -0.1) is 0 Å². The van der Waals surface area contributed by atoms with Crippen molar-refractivity contribution in [2.24, 2.45) is 10.7 Å². The molecular weight excluding hydrogens is 1200 g/mol. The number of sulfonamides is 1. The van der Waals surface area contributed by atoms with E-state index in [1.165, 1.54) is 5.56 Å². The number of rotatable bonds is 29. The molecule has 93 heavy (non-hydrogen) atoms. The molecule has 7 aromatic carbocycles. The minimum Gasteiger partial charge on any atom is -0.493 e. The number of alkyl carbamates (subject to hydrolysis) is 1. The van der Waals surface area contributed by atoms with Crippen molar-refractivity contribution in [1.29, 1.82) is 0 Å². The van der Waals surface area contributed by atoms with E-state index >= 15 is 0 Å². The van der Waals surface area contributed by atoms with Crippen molar-refractivity contribution in [3.8, 4) is 28.4 Å². The Morgan fingerprint density at radius 3 is 1.86 bits per heavy atom. The van der Waals surface area contributed by atoms with Crippen molar-refractivity contribution >= 4 is 67.3 Å². The van der Waals surface area contributed by atoms with Crippen LogP contribution in [0.5, 0.6) is 17.2 Å². The number of aryl methyl sites for hydroxylation is 1. The van der Waals surface area contributed by atoms with Gasteiger partial charge in [0.25, 0.3) is 15.9 Å². The van der Waals surface area contributed by atoms with Gasteiger partial charge in [0.2, 0.25) is 17.8 Å². The number of ether oxygens (including phenoxy) is 5. The second-order valence-corrected chi connectivity index (χ2v) is 26.7. The number of nitrogens with two attached hydrogens (primary N) is 1. The summed E-state index contributed by atoms with van der Waals surface area (Å²) in [5.41, 5.74) is 11.2. The fourth-order valence-corrected chi connectivity index (χ4v) is 13.0. The third-order valence-corrected chi connectivity index (χ3v) is 17.9. The molecule has 8 rings (SSSR count). The number of hydrogen-bond acceptors (Lipinski definition) is 13. The highest BCUT2D eigenvalue weighted by atomic mass is 32.2. The van der Waals surface area contributed by atoms with Crippen LogP contribution in [0.2, 0.25) is 0 Å². The number of esters is 1. The molecule has 0 bridgehead atoms. The van der Waals surface area contributed by atoms with Gasteiger partial charge in [0, 0.05) is 24.2 Å². The SMILES string of the molecule is CC[C@H](NC(=O)[C@@H](CCCN=C(N)NS(=O)(=O)c1c(C)c(C)c2c(c1C)CCC(C)(C)O2)NC(=O)[C@@H](CCCCNC(=O)OC(C)(C)C)NC(=O)COc1ccc2ccccc2c1-c1c(OCCCc2ccccc2)ccc2ccccc12)C(=O)OCc1ccccc1. The van der Waals surface area contributed by atoms with E-state index in [1.54, 1.807) is 53.7 Å². The van der Waals surface area contributed by atoms with E-state index in [1.807, 2.05) is 130 Å². The molecule has 7 aromatic rings. The van der Waals surface area contributed by atoms with Gasteiger partial charge in [-0.1, -0.05) is 128 Å².